The summed E-state index contributed by atoms with van der Waals surface area (Å²) in [6, 6.07) is 0. The first-order valence-corrected chi connectivity index (χ1v) is 5.51. The van der Waals surface area contributed by atoms with Gasteiger partial charge in [-0.1, -0.05) is 32.1 Å². The second kappa shape index (κ2) is 6.65. The van der Waals surface area contributed by atoms with Crippen LogP contribution in [0.4, 0.5) is 0 Å². The van der Waals surface area contributed by atoms with Gasteiger partial charge in [0, 0.05) is 11.8 Å². The van der Waals surface area contributed by atoms with Crippen molar-refractivity contribution >= 4 is 5.78 Å². The van der Waals surface area contributed by atoms with E-state index in [1.54, 1.807) is 0 Å². The van der Waals surface area contributed by atoms with Gasteiger partial charge in [-0.2, -0.15) is 0 Å². The van der Waals surface area contributed by atoms with Gasteiger partial charge in [0.05, 0.1) is 0 Å². The fourth-order valence-corrected chi connectivity index (χ4v) is 1.03. The van der Waals surface area contributed by atoms with E-state index < -0.39 is 0 Å². The van der Waals surface area contributed by atoms with E-state index in [1.165, 1.54) is 12.8 Å². The summed E-state index contributed by atoms with van der Waals surface area (Å²) in [4.78, 5) is 11.3. The van der Waals surface area contributed by atoms with Crippen LogP contribution in [0.5, 0.6) is 0 Å². The summed E-state index contributed by atoms with van der Waals surface area (Å²) in [5, 5.41) is 0. The Morgan fingerprint density at radius 2 is 1.79 bits per heavy atom. The number of hydrogen-bond donors (Lipinski definition) is 0. The van der Waals surface area contributed by atoms with Crippen molar-refractivity contribution in [3.05, 3.63) is 0 Å². The van der Waals surface area contributed by atoms with Crippen LogP contribution < -0.4 is 0 Å². The topological polar surface area (TPSA) is 17.1 Å². The van der Waals surface area contributed by atoms with Gasteiger partial charge in [0.25, 0.3) is 0 Å². The third kappa shape index (κ3) is 9.32. The normalized spacial score (nSPS) is 10.6. The molecule has 1 heteroatoms. The molecule has 0 fully saturated rings. The van der Waals surface area contributed by atoms with E-state index in [4.69, 9.17) is 0 Å². The fraction of sp³-hybridized carbons (Fsp3) is 0.769. The molecule has 0 spiro atoms. The van der Waals surface area contributed by atoms with E-state index in [0.29, 0.717) is 6.42 Å². The maximum absolute atomic E-state index is 11.3. The Morgan fingerprint density at radius 3 is 2.29 bits per heavy atom. The quantitative estimate of drug-likeness (QED) is 0.371. The molecule has 0 saturated heterocycles. The molecule has 0 heterocycles. The molecular formula is C13H22O. The van der Waals surface area contributed by atoms with Crippen molar-refractivity contribution in [3.63, 3.8) is 0 Å². The molecule has 0 aliphatic heterocycles. The highest BCUT2D eigenvalue weighted by molar-refractivity contribution is 5.95. The molecule has 14 heavy (non-hydrogen) atoms. The smallest absolute Gasteiger partial charge is 0.205 e. The van der Waals surface area contributed by atoms with E-state index in [9.17, 15) is 4.79 Å². The zero-order valence-electron chi connectivity index (χ0n) is 9.94. The molecule has 0 N–H and O–H groups in total. The Labute approximate surface area is 88.3 Å². The summed E-state index contributed by atoms with van der Waals surface area (Å²) in [5.41, 5.74) is -0.0565. The SMILES string of the molecule is CCCCCCC(=O)C#CC(C)(C)C. The second-order valence-electron chi connectivity index (χ2n) is 4.73. The molecule has 1 nitrogen and oxygen atoms in total. The van der Waals surface area contributed by atoms with Crippen molar-refractivity contribution in [2.45, 2.75) is 59.8 Å². The Hall–Kier alpha value is -0.770. The highest BCUT2D eigenvalue weighted by atomic mass is 16.1. The molecule has 0 atom stereocenters. The van der Waals surface area contributed by atoms with E-state index in [-0.39, 0.29) is 11.2 Å². The molecule has 0 aromatic heterocycles. The molecule has 0 amide bonds. The predicted octanol–water partition coefficient (Wildman–Crippen LogP) is 3.58. The first-order chi connectivity index (χ1) is 6.45. The number of rotatable bonds is 5. The molecule has 0 aromatic carbocycles. The lowest BCUT2D eigenvalue weighted by Crippen LogP contribution is -2.02. The maximum atomic E-state index is 11.3. The van der Waals surface area contributed by atoms with Gasteiger partial charge in [-0.15, -0.1) is 0 Å². The van der Waals surface area contributed by atoms with Gasteiger partial charge in [-0.25, -0.2) is 0 Å². The third-order valence-electron chi connectivity index (χ3n) is 1.83. The number of hydrogen-bond acceptors (Lipinski definition) is 1. The molecule has 0 saturated carbocycles. The first kappa shape index (κ1) is 13.2. The largest absolute Gasteiger partial charge is 0.285 e. The van der Waals surface area contributed by atoms with Crippen LogP contribution in [-0.2, 0) is 4.79 Å². The van der Waals surface area contributed by atoms with Crippen molar-refractivity contribution in [2.24, 2.45) is 5.41 Å². The average Bonchev–Trinajstić information content (AvgIpc) is 2.08. The van der Waals surface area contributed by atoms with Crippen LogP contribution in [0.1, 0.15) is 59.8 Å². The minimum atomic E-state index is -0.0565. The number of ketones is 1. The Morgan fingerprint density at radius 1 is 1.14 bits per heavy atom. The van der Waals surface area contributed by atoms with Gasteiger partial charge in [0.15, 0.2) is 0 Å². The lowest BCUT2D eigenvalue weighted by molar-refractivity contribution is -0.113. The Kier molecular flexibility index (Phi) is 6.28. The van der Waals surface area contributed by atoms with Gasteiger partial charge < -0.3 is 0 Å². The lowest BCUT2D eigenvalue weighted by atomic mass is 9.97. The third-order valence-corrected chi connectivity index (χ3v) is 1.83. The highest BCUT2D eigenvalue weighted by Crippen LogP contribution is 2.10. The summed E-state index contributed by atoms with van der Waals surface area (Å²) in [6.07, 6.45) is 5.20. The molecule has 0 aromatic rings. The van der Waals surface area contributed by atoms with E-state index in [1.807, 2.05) is 20.8 Å². The summed E-state index contributed by atoms with van der Waals surface area (Å²) in [7, 11) is 0. The average molecular weight is 194 g/mol. The zero-order chi connectivity index (χ0) is 11.0. The Bertz CT molecular complexity index is 222. The van der Waals surface area contributed by atoms with Crippen molar-refractivity contribution in [2.75, 3.05) is 0 Å². The maximum Gasteiger partial charge on any atom is 0.205 e. The minimum Gasteiger partial charge on any atom is -0.285 e. The zero-order valence-corrected chi connectivity index (χ0v) is 9.94. The molecule has 0 rings (SSSR count). The van der Waals surface area contributed by atoms with Crippen LogP contribution in [0.2, 0.25) is 0 Å². The van der Waals surface area contributed by atoms with Crippen LogP contribution in [0, 0.1) is 17.3 Å². The lowest BCUT2D eigenvalue weighted by Gasteiger charge is -2.06. The number of Topliss-reactive ketones (excluding diaryl/α,β-unsaturated/α-hetero) is 1. The molecule has 0 radical (unpaired) electrons. The molecule has 80 valence electrons. The van der Waals surface area contributed by atoms with Gasteiger partial charge >= 0.3 is 0 Å². The summed E-state index contributed by atoms with van der Waals surface area (Å²) >= 11 is 0. The highest BCUT2D eigenvalue weighted by Gasteiger charge is 2.04. The minimum absolute atomic E-state index is 0.0565. The molecular weight excluding hydrogens is 172 g/mol. The second-order valence-corrected chi connectivity index (χ2v) is 4.73. The van der Waals surface area contributed by atoms with Gasteiger partial charge in [0.2, 0.25) is 5.78 Å². The van der Waals surface area contributed by atoms with E-state index >= 15 is 0 Å². The van der Waals surface area contributed by atoms with Crippen molar-refractivity contribution in [1.82, 2.24) is 0 Å². The summed E-state index contributed by atoms with van der Waals surface area (Å²) in [6.45, 7) is 8.22. The molecule has 0 unspecified atom stereocenters. The summed E-state index contributed by atoms with van der Waals surface area (Å²) < 4.78 is 0. The van der Waals surface area contributed by atoms with Crippen molar-refractivity contribution in [1.29, 1.82) is 0 Å². The Balaban J connectivity index is 3.69. The van der Waals surface area contributed by atoms with Crippen LogP contribution in [-0.4, -0.2) is 5.78 Å². The van der Waals surface area contributed by atoms with Gasteiger partial charge in [-0.3, -0.25) is 4.79 Å². The van der Waals surface area contributed by atoms with Crippen LogP contribution in [0.25, 0.3) is 0 Å². The van der Waals surface area contributed by atoms with Gasteiger partial charge in [-0.05, 0) is 33.1 Å². The van der Waals surface area contributed by atoms with Crippen LogP contribution >= 0.6 is 0 Å². The molecule has 0 bridgehead atoms. The van der Waals surface area contributed by atoms with Gasteiger partial charge in [0.1, 0.15) is 0 Å². The van der Waals surface area contributed by atoms with Crippen molar-refractivity contribution in [3.8, 4) is 11.8 Å². The van der Waals surface area contributed by atoms with E-state index in [0.717, 1.165) is 12.8 Å². The predicted molar refractivity (Wildman–Crippen MR) is 61.0 cm³/mol. The number of carbonyl (C=O) groups is 1. The monoisotopic (exact) mass is 194 g/mol. The number of unbranched alkanes of at least 4 members (excludes halogenated alkanes) is 3. The fourth-order valence-electron chi connectivity index (χ4n) is 1.03. The van der Waals surface area contributed by atoms with Crippen LogP contribution in [0.3, 0.4) is 0 Å². The van der Waals surface area contributed by atoms with Crippen molar-refractivity contribution < 1.29 is 4.79 Å². The standard InChI is InChI=1S/C13H22O/c1-5-6-7-8-9-12(14)10-11-13(2,3)4/h5-9H2,1-4H3. The van der Waals surface area contributed by atoms with Crippen LogP contribution in [0.15, 0.2) is 0 Å². The number of carbonyl (C=O) groups excluding carboxylic acids is 1. The first-order valence-electron chi connectivity index (χ1n) is 5.51. The molecule has 0 aliphatic carbocycles. The molecule has 0 aliphatic rings. The summed E-state index contributed by atoms with van der Waals surface area (Å²) in [5.74, 6) is 5.77. The van der Waals surface area contributed by atoms with E-state index in [2.05, 4.69) is 18.8 Å².